The van der Waals surface area contributed by atoms with Crippen molar-refractivity contribution < 1.29 is 0 Å². The van der Waals surface area contributed by atoms with Gasteiger partial charge in [-0.15, -0.1) is 0 Å². The molecule has 0 aliphatic heterocycles. The van der Waals surface area contributed by atoms with Gasteiger partial charge >= 0.3 is 0 Å². The summed E-state index contributed by atoms with van der Waals surface area (Å²) in [5.41, 5.74) is 8.27. The molecule has 0 aromatic carbocycles. The first kappa shape index (κ1) is 7.80. The van der Waals surface area contributed by atoms with Crippen LogP contribution in [0, 0.1) is 0 Å². The maximum Gasteiger partial charge on any atom is 0.123 e. The van der Waals surface area contributed by atoms with E-state index < -0.39 is 0 Å². The van der Waals surface area contributed by atoms with Gasteiger partial charge in [-0.05, 0) is 19.8 Å². The van der Waals surface area contributed by atoms with Crippen LogP contribution in [0.25, 0.3) is 0 Å². The molecular formula is C9H15N3. The monoisotopic (exact) mass is 165 g/mol. The molecule has 0 amide bonds. The Kier molecular flexibility index (Phi) is 1.68. The highest BCUT2D eigenvalue weighted by Crippen LogP contribution is 2.31. The van der Waals surface area contributed by atoms with E-state index in [-0.39, 0.29) is 6.04 Å². The summed E-state index contributed by atoms with van der Waals surface area (Å²) in [5.74, 6) is 1.55. The van der Waals surface area contributed by atoms with Gasteiger partial charge in [0.25, 0.3) is 0 Å². The number of hydrogen-bond acceptors (Lipinski definition) is 2. The molecule has 0 spiro atoms. The average Bonchev–Trinajstić information content (AvgIpc) is 2.53. The molecule has 3 heteroatoms. The predicted octanol–water partition coefficient (Wildman–Crippen LogP) is 1.48. The van der Waals surface area contributed by atoms with Crippen molar-refractivity contribution in [2.24, 2.45) is 5.73 Å². The van der Waals surface area contributed by atoms with E-state index in [9.17, 15) is 0 Å². The van der Waals surface area contributed by atoms with Gasteiger partial charge in [-0.2, -0.15) is 0 Å². The molecular weight excluding hydrogens is 150 g/mol. The molecule has 0 radical (unpaired) electrons. The standard InChI is InChI=1S/C9H15N3/c1-5-3-4-7-8(5)12-9(11-7)6(2)10/h5-6H,3-4,10H2,1-2H3,(H,11,12)/t5?,6-/m0/s1. The first-order valence-electron chi connectivity index (χ1n) is 4.52. The zero-order valence-electron chi connectivity index (χ0n) is 7.59. The first-order chi connectivity index (χ1) is 5.68. The fourth-order valence-electron chi connectivity index (χ4n) is 1.76. The summed E-state index contributed by atoms with van der Waals surface area (Å²) < 4.78 is 0. The Morgan fingerprint density at radius 3 is 3.00 bits per heavy atom. The van der Waals surface area contributed by atoms with Crippen molar-refractivity contribution in [2.75, 3.05) is 0 Å². The number of nitrogens with one attached hydrogen (secondary N) is 1. The van der Waals surface area contributed by atoms with Crippen molar-refractivity contribution in [3.63, 3.8) is 0 Å². The van der Waals surface area contributed by atoms with Crippen LogP contribution in [0.2, 0.25) is 0 Å². The molecule has 2 atom stereocenters. The van der Waals surface area contributed by atoms with Gasteiger partial charge in [-0.25, -0.2) is 4.98 Å². The number of nitrogens with two attached hydrogens (primary N) is 1. The van der Waals surface area contributed by atoms with Crippen molar-refractivity contribution in [3.05, 3.63) is 17.2 Å². The molecule has 3 N–H and O–H groups in total. The normalized spacial score (nSPS) is 24.1. The van der Waals surface area contributed by atoms with Gasteiger partial charge in [-0.1, -0.05) is 6.92 Å². The van der Waals surface area contributed by atoms with Crippen LogP contribution in [0.3, 0.4) is 0 Å². The lowest BCUT2D eigenvalue weighted by atomic mass is 10.1. The largest absolute Gasteiger partial charge is 0.344 e. The van der Waals surface area contributed by atoms with Crippen molar-refractivity contribution in [1.82, 2.24) is 9.97 Å². The number of aromatic amines is 1. The number of aromatic nitrogens is 2. The lowest BCUT2D eigenvalue weighted by molar-refractivity contribution is 0.691. The molecule has 1 aromatic heterocycles. The lowest BCUT2D eigenvalue weighted by Gasteiger charge is -2.01. The zero-order valence-corrected chi connectivity index (χ0v) is 7.59. The van der Waals surface area contributed by atoms with E-state index in [4.69, 9.17) is 5.73 Å². The Hall–Kier alpha value is -0.830. The third-order valence-electron chi connectivity index (χ3n) is 2.55. The first-order valence-corrected chi connectivity index (χ1v) is 4.52. The summed E-state index contributed by atoms with van der Waals surface area (Å²) in [5, 5.41) is 0. The van der Waals surface area contributed by atoms with Gasteiger partial charge in [-0.3, -0.25) is 0 Å². The molecule has 1 aliphatic carbocycles. The number of nitrogens with zero attached hydrogens (tertiary/aromatic N) is 1. The van der Waals surface area contributed by atoms with Crippen molar-refractivity contribution >= 4 is 0 Å². The molecule has 0 saturated carbocycles. The summed E-state index contributed by atoms with van der Waals surface area (Å²) in [4.78, 5) is 7.78. The fourth-order valence-corrected chi connectivity index (χ4v) is 1.76. The summed E-state index contributed by atoms with van der Waals surface area (Å²) in [6, 6.07) is 0.0304. The van der Waals surface area contributed by atoms with E-state index in [0.29, 0.717) is 5.92 Å². The highest BCUT2D eigenvalue weighted by Gasteiger charge is 2.23. The van der Waals surface area contributed by atoms with Crippen LogP contribution in [0.4, 0.5) is 0 Å². The SMILES string of the molecule is CC1CCc2[nH]c([C@H](C)N)nc21. The van der Waals surface area contributed by atoms with Crippen LogP contribution >= 0.6 is 0 Å². The van der Waals surface area contributed by atoms with E-state index in [1.165, 1.54) is 17.8 Å². The number of hydrogen-bond donors (Lipinski definition) is 2. The maximum atomic E-state index is 5.73. The van der Waals surface area contributed by atoms with Crippen LogP contribution < -0.4 is 5.73 Å². The Labute approximate surface area is 72.4 Å². The van der Waals surface area contributed by atoms with E-state index in [2.05, 4.69) is 16.9 Å². The topological polar surface area (TPSA) is 54.7 Å². The minimum atomic E-state index is 0.0304. The maximum absolute atomic E-state index is 5.73. The van der Waals surface area contributed by atoms with Crippen LogP contribution in [-0.2, 0) is 6.42 Å². The van der Waals surface area contributed by atoms with Gasteiger partial charge in [0.05, 0.1) is 11.7 Å². The highest BCUT2D eigenvalue weighted by atomic mass is 15.0. The van der Waals surface area contributed by atoms with E-state index in [0.717, 1.165) is 12.2 Å². The highest BCUT2D eigenvalue weighted by molar-refractivity contribution is 5.24. The summed E-state index contributed by atoms with van der Waals surface area (Å²) in [6.07, 6.45) is 2.36. The second-order valence-electron chi connectivity index (χ2n) is 3.71. The second kappa shape index (κ2) is 2.59. The van der Waals surface area contributed by atoms with E-state index in [1.54, 1.807) is 0 Å². The van der Waals surface area contributed by atoms with Gasteiger partial charge in [0, 0.05) is 11.6 Å². The van der Waals surface area contributed by atoms with Crippen LogP contribution in [-0.4, -0.2) is 9.97 Å². The molecule has 1 aromatic rings. The molecule has 1 unspecified atom stereocenters. The Balaban J connectivity index is 2.36. The number of rotatable bonds is 1. The smallest absolute Gasteiger partial charge is 0.123 e. The molecule has 0 saturated heterocycles. The molecule has 1 aliphatic rings. The van der Waals surface area contributed by atoms with Gasteiger partial charge < -0.3 is 10.7 Å². The van der Waals surface area contributed by atoms with Crippen molar-refractivity contribution in [3.8, 4) is 0 Å². The second-order valence-corrected chi connectivity index (χ2v) is 3.71. The Bertz CT molecular complexity index is 288. The quantitative estimate of drug-likeness (QED) is 0.662. The summed E-state index contributed by atoms with van der Waals surface area (Å²) >= 11 is 0. The third-order valence-corrected chi connectivity index (χ3v) is 2.55. The van der Waals surface area contributed by atoms with Gasteiger partial charge in [0.1, 0.15) is 5.82 Å². The molecule has 66 valence electrons. The fraction of sp³-hybridized carbons (Fsp3) is 0.667. The average molecular weight is 165 g/mol. The minimum Gasteiger partial charge on any atom is -0.344 e. The van der Waals surface area contributed by atoms with Gasteiger partial charge in [0.15, 0.2) is 0 Å². The molecule has 0 fully saturated rings. The molecule has 1 heterocycles. The summed E-state index contributed by atoms with van der Waals surface area (Å²) in [7, 11) is 0. The minimum absolute atomic E-state index is 0.0304. The number of fused-ring (bicyclic) bond motifs is 1. The van der Waals surface area contributed by atoms with E-state index >= 15 is 0 Å². The predicted molar refractivity (Wildman–Crippen MR) is 47.9 cm³/mol. The molecule has 3 nitrogen and oxygen atoms in total. The van der Waals surface area contributed by atoms with Crippen LogP contribution in [0.1, 0.15) is 49.4 Å². The zero-order chi connectivity index (χ0) is 8.72. The number of H-pyrrole nitrogens is 1. The van der Waals surface area contributed by atoms with Gasteiger partial charge in [0.2, 0.25) is 0 Å². The van der Waals surface area contributed by atoms with Crippen LogP contribution in [0.5, 0.6) is 0 Å². The van der Waals surface area contributed by atoms with Crippen molar-refractivity contribution in [1.29, 1.82) is 0 Å². The Morgan fingerprint density at radius 2 is 2.42 bits per heavy atom. The summed E-state index contributed by atoms with van der Waals surface area (Å²) in [6.45, 7) is 4.18. The molecule has 12 heavy (non-hydrogen) atoms. The Morgan fingerprint density at radius 1 is 1.67 bits per heavy atom. The number of imidazole rings is 1. The number of aryl methyl sites for hydroxylation is 1. The molecule has 0 bridgehead atoms. The lowest BCUT2D eigenvalue weighted by Crippen LogP contribution is -2.07. The van der Waals surface area contributed by atoms with E-state index in [1.807, 2.05) is 6.92 Å². The third kappa shape index (κ3) is 1.05. The van der Waals surface area contributed by atoms with Crippen LogP contribution in [0.15, 0.2) is 0 Å². The van der Waals surface area contributed by atoms with Crippen molar-refractivity contribution in [2.45, 2.75) is 38.6 Å². The molecule has 2 rings (SSSR count).